The van der Waals surface area contributed by atoms with Gasteiger partial charge in [-0.1, -0.05) is 48.5 Å². The summed E-state index contributed by atoms with van der Waals surface area (Å²) in [4.78, 5) is 12.7. The van der Waals surface area contributed by atoms with E-state index in [2.05, 4.69) is 24.5 Å². The molecule has 0 bridgehead atoms. The lowest BCUT2D eigenvalue weighted by molar-refractivity contribution is -0.926. The van der Waals surface area contributed by atoms with E-state index in [0.29, 0.717) is 17.9 Å². The number of hydrogen-bond acceptors (Lipinski definition) is 2. The molecule has 0 spiro atoms. The van der Waals surface area contributed by atoms with Gasteiger partial charge in [0.05, 0.1) is 20.1 Å². The number of rotatable bonds is 7. The van der Waals surface area contributed by atoms with Crippen LogP contribution in [0.25, 0.3) is 0 Å². The van der Waals surface area contributed by atoms with Crippen molar-refractivity contribution in [1.29, 1.82) is 0 Å². The lowest BCUT2D eigenvalue weighted by Gasteiger charge is -2.37. The highest BCUT2D eigenvalue weighted by molar-refractivity contribution is 6.04. The molecule has 1 amide bonds. The standard InChI is InChI=1S/C27H30N2O2/c1-29(17-6-3-7-18-29)20-22-13-15-25(16-14-22)28-27(30)24-11-8-12-26(19-24)31-21-23-9-4-2-5-10-23/h2,4-5,8-16,19H,3,6-7,17-18,20-21H2,1H3/p+1. The van der Waals surface area contributed by atoms with Crippen molar-refractivity contribution in [2.75, 3.05) is 25.5 Å². The van der Waals surface area contributed by atoms with E-state index in [9.17, 15) is 4.79 Å². The van der Waals surface area contributed by atoms with Gasteiger partial charge in [-0.25, -0.2) is 0 Å². The second-order valence-electron chi connectivity index (χ2n) is 8.74. The van der Waals surface area contributed by atoms with Crippen LogP contribution in [0.15, 0.2) is 78.9 Å². The van der Waals surface area contributed by atoms with Gasteiger partial charge in [0, 0.05) is 16.8 Å². The number of anilines is 1. The first-order valence-electron chi connectivity index (χ1n) is 11.1. The summed E-state index contributed by atoms with van der Waals surface area (Å²) in [5.74, 6) is 0.554. The predicted octanol–water partition coefficient (Wildman–Crippen LogP) is 5.65. The summed E-state index contributed by atoms with van der Waals surface area (Å²) < 4.78 is 6.96. The molecule has 0 aliphatic carbocycles. The molecular formula is C27H31N2O2+. The molecule has 0 unspecified atom stereocenters. The fourth-order valence-corrected chi connectivity index (χ4v) is 4.24. The van der Waals surface area contributed by atoms with E-state index in [1.165, 1.54) is 37.9 Å². The van der Waals surface area contributed by atoms with Crippen molar-refractivity contribution < 1.29 is 14.0 Å². The van der Waals surface area contributed by atoms with Gasteiger partial charge >= 0.3 is 0 Å². The number of benzene rings is 3. The smallest absolute Gasteiger partial charge is 0.255 e. The zero-order valence-corrected chi connectivity index (χ0v) is 18.2. The lowest BCUT2D eigenvalue weighted by atomic mass is 10.1. The van der Waals surface area contributed by atoms with Crippen LogP contribution >= 0.6 is 0 Å². The molecule has 1 heterocycles. The van der Waals surface area contributed by atoms with E-state index < -0.39 is 0 Å². The molecule has 0 atom stereocenters. The Morgan fingerprint density at radius 1 is 0.871 bits per heavy atom. The van der Waals surface area contributed by atoms with Crippen LogP contribution in [0.3, 0.4) is 0 Å². The zero-order valence-electron chi connectivity index (χ0n) is 18.2. The van der Waals surface area contributed by atoms with Gasteiger partial charge in [-0.3, -0.25) is 4.79 Å². The van der Waals surface area contributed by atoms with Crippen LogP contribution in [0.5, 0.6) is 5.75 Å². The lowest BCUT2D eigenvalue weighted by Crippen LogP contribution is -2.46. The minimum absolute atomic E-state index is 0.132. The van der Waals surface area contributed by atoms with Gasteiger partial charge in [0.25, 0.3) is 5.91 Å². The van der Waals surface area contributed by atoms with Crippen molar-refractivity contribution in [3.63, 3.8) is 0 Å². The Morgan fingerprint density at radius 2 is 1.61 bits per heavy atom. The zero-order chi connectivity index (χ0) is 21.5. The quantitative estimate of drug-likeness (QED) is 0.507. The third-order valence-corrected chi connectivity index (χ3v) is 6.02. The van der Waals surface area contributed by atoms with E-state index in [0.717, 1.165) is 22.3 Å². The van der Waals surface area contributed by atoms with Crippen molar-refractivity contribution >= 4 is 11.6 Å². The van der Waals surface area contributed by atoms with Crippen LogP contribution in [-0.4, -0.2) is 30.5 Å². The van der Waals surface area contributed by atoms with Gasteiger partial charge < -0.3 is 14.5 Å². The van der Waals surface area contributed by atoms with Gasteiger partial charge in [-0.05, 0) is 55.2 Å². The summed E-state index contributed by atoms with van der Waals surface area (Å²) in [6.45, 7) is 4.03. The van der Waals surface area contributed by atoms with Crippen molar-refractivity contribution in [2.45, 2.75) is 32.4 Å². The number of likely N-dealkylation sites (tertiary alicyclic amines) is 1. The Kier molecular flexibility index (Phi) is 6.68. The monoisotopic (exact) mass is 415 g/mol. The minimum Gasteiger partial charge on any atom is -0.489 e. The summed E-state index contributed by atoms with van der Waals surface area (Å²) >= 11 is 0. The van der Waals surface area contributed by atoms with Crippen LogP contribution in [0, 0.1) is 0 Å². The molecule has 31 heavy (non-hydrogen) atoms. The summed E-state index contributed by atoms with van der Waals surface area (Å²) in [7, 11) is 2.35. The molecule has 160 valence electrons. The van der Waals surface area contributed by atoms with E-state index in [1.54, 1.807) is 12.1 Å². The number of hydrogen-bond donors (Lipinski definition) is 1. The number of piperidine rings is 1. The van der Waals surface area contributed by atoms with Gasteiger partial charge in [-0.2, -0.15) is 0 Å². The Hall–Kier alpha value is -3.11. The van der Waals surface area contributed by atoms with E-state index in [1.807, 2.05) is 54.6 Å². The molecular weight excluding hydrogens is 384 g/mol. The van der Waals surface area contributed by atoms with Crippen LogP contribution in [-0.2, 0) is 13.2 Å². The van der Waals surface area contributed by atoms with Crippen LogP contribution in [0.4, 0.5) is 5.69 Å². The number of quaternary nitrogens is 1. The highest BCUT2D eigenvalue weighted by Crippen LogP contribution is 2.22. The van der Waals surface area contributed by atoms with Crippen LogP contribution in [0.2, 0.25) is 0 Å². The molecule has 1 fully saturated rings. The maximum Gasteiger partial charge on any atom is 0.255 e. The molecule has 1 aliphatic rings. The first-order valence-corrected chi connectivity index (χ1v) is 11.1. The predicted molar refractivity (Wildman–Crippen MR) is 125 cm³/mol. The molecule has 3 aromatic carbocycles. The van der Waals surface area contributed by atoms with Crippen molar-refractivity contribution in [3.8, 4) is 5.75 Å². The van der Waals surface area contributed by atoms with Crippen molar-refractivity contribution in [1.82, 2.24) is 0 Å². The summed E-state index contributed by atoms with van der Waals surface area (Å²) in [5.41, 5.74) is 3.81. The van der Waals surface area contributed by atoms with Crippen LogP contribution < -0.4 is 10.1 Å². The van der Waals surface area contributed by atoms with E-state index in [-0.39, 0.29) is 5.91 Å². The number of nitrogens with one attached hydrogen (secondary N) is 1. The van der Waals surface area contributed by atoms with Gasteiger partial charge in [-0.15, -0.1) is 0 Å². The second-order valence-corrected chi connectivity index (χ2v) is 8.74. The number of carbonyl (C=O) groups excluding carboxylic acids is 1. The maximum absolute atomic E-state index is 12.7. The first kappa shape index (κ1) is 21.1. The Balaban J connectivity index is 1.34. The number of nitrogens with zero attached hydrogens (tertiary/aromatic N) is 1. The highest BCUT2D eigenvalue weighted by atomic mass is 16.5. The van der Waals surface area contributed by atoms with Gasteiger partial charge in [0.2, 0.25) is 0 Å². The second kappa shape index (κ2) is 9.80. The molecule has 4 nitrogen and oxygen atoms in total. The molecule has 1 saturated heterocycles. The molecule has 0 aromatic heterocycles. The third-order valence-electron chi connectivity index (χ3n) is 6.02. The third kappa shape index (κ3) is 5.96. The van der Waals surface area contributed by atoms with Crippen molar-refractivity contribution in [2.24, 2.45) is 0 Å². The van der Waals surface area contributed by atoms with E-state index in [4.69, 9.17) is 4.74 Å². The number of carbonyl (C=O) groups is 1. The Labute approximate surface area is 185 Å². The molecule has 1 aliphatic heterocycles. The molecule has 4 heteroatoms. The Morgan fingerprint density at radius 3 is 2.35 bits per heavy atom. The fraction of sp³-hybridized carbons (Fsp3) is 0.296. The average molecular weight is 416 g/mol. The van der Waals surface area contributed by atoms with Gasteiger partial charge in [0.15, 0.2) is 0 Å². The number of ether oxygens (including phenoxy) is 1. The molecule has 0 saturated carbocycles. The fourth-order valence-electron chi connectivity index (χ4n) is 4.24. The molecule has 4 rings (SSSR count). The van der Waals surface area contributed by atoms with E-state index >= 15 is 0 Å². The average Bonchev–Trinajstić information content (AvgIpc) is 2.80. The topological polar surface area (TPSA) is 38.3 Å². The summed E-state index contributed by atoms with van der Waals surface area (Å²) in [5, 5.41) is 3.00. The first-order chi connectivity index (χ1) is 15.1. The maximum atomic E-state index is 12.7. The summed E-state index contributed by atoms with van der Waals surface area (Å²) in [6, 6.07) is 25.6. The molecule has 1 N–H and O–H groups in total. The Bertz CT molecular complexity index is 993. The highest BCUT2D eigenvalue weighted by Gasteiger charge is 2.24. The minimum atomic E-state index is -0.132. The normalized spacial score (nSPS) is 15.3. The number of amides is 1. The van der Waals surface area contributed by atoms with Crippen LogP contribution in [0.1, 0.15) is 40.7 Å². The largest absolute Gasteiger partial charge is 0.489 e. The summed E-state index contributed by atoms with van der Waals surface area (Å²) in [6.07, 6.45) is 3.99. The van der Waals surface area contributed by atoms with Crippen molar-refractivity contribution in [3.05, 3.63) is 95.6 Å². The molecule has 0 radical (unpaired) electrons. The SMILES string of the molecule is C[N+]1(Cc2ccc(NC(=O)c3cccc(OCc4ccccc4)c3)cc2)CCCCC1. The molecule has 3 aromatic rings. The van der Waals surface area contributed by atoms with Gasteiger partial charge in [0.1, 0.15) is 18.9 Å².